The summed E-state index contributed by atoms with van der Waals surface area (Å²) in [5, 5.41) is 3.39. The third kappa shape index (κ3) is 7.05. The van der Waals surface area contributed by atoms with Crippen molar-refractivity contribution in [1.82, 2.24) is 19.9 Å². The monoisotopic (exact) mass is 579 g/mol. The summed E-state index contributed by atoms with van der Waals surface area (Å²) in [6.45, 7) is 1.16. The third-order valence-corrected chi connectivity index (χ3v) is 9.29. The summed E-state index contributed by atoms with van der Waals surface area (Å²) >= 11 is 0. The highest BCUT2D eigenvalue weighted by Crippen LogP contribution is 2.28. The van der Waals surface area contributed by atoms with Crippen LogP contribution in [0.1, 0.15) is 47.9 Å². The second kappa shape index (κ2) is 12.2. The molecule has 0 unspecified atom stereocenters. The molecule has 0 radical (unpaired) electrons. The molecule has 1 saturated carbocycles. The van der Waals surface area contributed by atoms with Crippen molar-refractivity contribution in [2.45, 2.75) is 62.9 Å². The van der Waals surface area contributed by atoms with Crippen LogP contribution in [0, 0.1) is 12.7 Å². The van der Waals surface area contributed by atoms with Crippen LogP contribution in [-0.2, 0) is 28.0 Å². The Morgan fingerprint density at radius 1 is 0.951 bits per heavy atom. The Morgan fingerprint density at radius 2 is 1.68 bits per heavy atom. The molecule has 2 aromatic heterocycles. The number of nitrogens with zero attached hydrogens (tertiary/aromatic N) is 4. The second-order valence-electron chi connectivity index (χ2n) is 11.2. The highest BCUT2D eigenvalue weighted by atomic mass is 32.2. The fourth-order valence-corrected chi connectivity index (χ4v) is 6.89. The Bertz CT molecular complexity index is 1640. The first-order chi connectivity index (χ1) is 19.6. The quantitative estimate of drug-likeness (QED) is 0.260. The van der Waals surface area contributed by atoms with Gasteiger partial charge in [-0.05, 0) is 64.4 Å². The molecule has 10 heteroatoms. The molecule has 0 saturated heterocycles. The van der Waals surface area contributed by atoms with E-state index in [9.17, 15) is 12.8 Å². The lowest BCUT2D eigenvalue weighted by atomic mass is 9.91. The number of nitrogens with one attached hydrogen (secondary N) is 1. The summed E-state index contributed by atoms with van der Waals surface area (Å²) in [7, 11) is 0.614. The number of aromatic nitrogens is 3. The average Bonchev–Trinajstić information content (AvgIpc) is 2.95. The molecule has 1 fully saturated rings. The molecule has 1 aliphatic rings. The number of aryl methyl sites for hydroxylation is 1. The van der Waals surface area contributed by atoms with Gasteiger partial charge in [0.05, 0.1) is 23.4 Å². The standard InChI is InChI=1S/C31H35F2N5O2S/c1-20-4-6-21(7-5-20)18-41(39,40)19-23-9-8-22(14-27(23)33)28-15-24(16-32)30-29(36-28)17-34-31(37-30)35-25-10-12-26(13-11-25)38(2)3/h4-9,14-15,17,25-26H,10-13,16,18-19H2,1-3H3,(H,34,35,37). The van der Waals surface area contributed by atoms with Crippen molar-refractivity contribution in [2.24, 2.45) is 0 Å². The van der Waals surface area contributed by atoms with Crippen molar-refractivity contribution in [3.63, 3.8) is 0 Å². The molecule has 0 spiro atoms. The molecular formula is C31H35F2N5O2S. The molecule has 5 rings (SSSR count). The molecule has 41 heavy (non-hydrogen) atoms. The molecule has 4 aromatic rings. The summed E-state index contributed by atoms with van der Waals surface area (Å²) in [6.07, 6.45) is 5.75. The summed E-state index contributed by atoms with van der Waals surface area (Å²) in [6, 6.07) is 13.9. The van der Waals surface area contributed by atoms with Crippen molar-refractivity contribution < 1.29 is 17.2 Å². The van der Waals surface area contributed by atoms with Crippen molar-refractivity contribution in [3.05, 3.63) is 82.8 Å². The fourth-order valence-electron chi connectivity index (χ4n) is 5.38. The van der Waals surface area contributed by atoms with Crippen LogP contribution < -0.4 is 5.32 Å². The molecule has 0 aliphatic heterocycles. The zero-order valence-electron chi connectivity index (χ0n) is 23.6. The van der Waals surface area contributed by atoms with E-state index in [0.29, 0.717) is 45.4 Å². The SMILES string of the molecule is Cc1ccc(CS(=O)(=O)Cc2ccc(-c3cc(CF)c4nc(NC5CCC(N(C)C)CC5)ncc4n3)cc2F)cc1. The molecule has 2 aromatic carbocycles. The van der Waals surface area contributed by atoms with E-state index in [1.54, 1.807) is 30.5 Å². The smallest absolute Gasteiger partial charge is 0.223 e. The Hall–Kier alpha value is -3.50. The van der Waals surface area contributed by atoms with Gasteiger partial charge in [0, 0.05) is 28.8 Å². The molecule has 216 valence electrons. The molecule has 0 amide bonds. The maximum absolute atomic E-state index is 15.1. The van der Waals surface area contributed by atoms with E-state index in [0.717, 1.165) is 31.2 Å². The normalized spacial score (nSPS) is 17.7. The van der Waals surface area contributed by atoms with Crippen molar-refractivity contribution >= 4 is 26.8 Å². The van der Waals surface area contributed by atoms with Gasteiger partial charge in [-0.25, -0.2) is 32.2 Å². The summed E-state index contributed by atoms with van der Waals surface area (Å²) in [5.74, 6) is -0.806. The lowest BCUT2D eigenvalue weighted by Crippen LogP contribution is -2.36. The van der Waals surface area contributed by atoms with Crippen LogP contribution in [0.2, 0.25) is 0 Å². The molecule has 0 bridgehead atoms. The van der Waals surface area contributed by atoms with Crippen LogP contribution in [0.4, 0.5) is 14.7 Å². The van der Waals surface area contributed by atoms with Gasteiger partial charge in [-0.1, -0.05) is 42.0 Å². The number of halogens is 2. The Kier molecular flexibility index (Phi) is 8.60. The number of pyridine rings is 1. The predicted molar refractivity (Wildman–Crippen MR) is 158 cm³/mol. The van der Waals surface area contributed by atoms with E-state index < -0.39 is 28.1 Å². The molecule has 0 atom stereocenters. The van der Waals surface area contributed by atoms with E-state index in [1.807, 2.05) is 19.1 Å². The first-order valence-electron chi connectivity index (χ1n) is 13.8. The number of sulfone groups is 1. The predicted octanol–water partition coefficient (Wildman–Crippen LogP) is 6.01. The highest BCUT2D eigenvalue weighted by molar-refractivity contribution is 7.89. The van der Waals surface area contributed by atoms with Crippen LogP contribution in [-0.4, -0.2) is 54.4 Å². The van der Waals surface area contributed by atoms with Gasteiger partial charge < -0.3 is 10.2 Å². The van der Waals surface area contributed by atoms with E-state index in [2.05, 4.69) is 39.3 Å². The molecule has 1 aliphatic carbocycles. The van der Waals surface area contributed by atoms with Crippen molar-refractivity contribution in [2.75, 3.05) is 19.4 Å². The van der Waals surface area contributed by atoms with Gasteiger partial charge in [0.25, 0.3) is 0 Å². The number of hydrogen-bond donors (Lipinski definition) is 1. The average molecular weight is 580 g/mol. The van der Waals surface area contributed by atoms with E-state index in [1.165, 1.54) is 12.1 Å². The summed E-state index contributed by atoms with van der Waals surface area (Å²) < 4.78 is 54.7. The largest absolute Gasteiger partial charge is 0.351 e. The topological polar surface area (TPSA) is 88.1 Å². The fraction of sp³-hybridized carbons (Fsp3) is 0.387. The Morgan fingerprint density at radius 3 is 2.34 bits per heavy atom. The summed E-state index contributed by atoms with van der Waals surface area (Å²) in [5.41, 5.74) is 3.69. The van der Waals surface area contributed by atoms with Gasteiger partial charge in [0.2, 0.25) is 5.95 Å². The molecular weight excluding hydrogens is 544 g/mol. The van der Waals surface area contributed by atoms with Crippen molar-refractivity contribution in [3.8, 4) is 11.3 Å². The first kappa shape index (κ1) is 29.0. The number of anilines is 1. The van der Waals surface area contributed by atoms with Crippen LogP contribution >= 0.6 is 0 Å². The minimum Gasteiger partial charge on any atom is -0.351 e. The maximum atomic E-state index is 15.1. The Labute approximate surface area is 240 Å². The molecule has 7 nitrogen and oxygen atoms in total. The zero-order chi connectivity index (χ0) is 29.1. The van der Waals surface area contributed by atoms with Gasteiger partial charge in [-0.2, -0.15) is 0 Å². The van der Waals surface area contributed by atoms with E-state index in [4.69, 9.17) is 0 Å². The lowest BCUT2D eigenvalue weighted by Gasteiger charge is -2.32. The number of fused-ring (bicyclic) bond motifs is 1. The highest BCUT2D eigenvalue weighted by Gasteiger charge is 2.23. The van der Waals surface area contributed by atoms with E-state index >= 15 is 4.39 Å². The van der Waals surface area contributed by atoms with Crippen molar-refractivity contribution in [1.29, 1.82) is 0 Å². The van der Waals surface area contributed by atoms with Gasteiger partial charge >= 0.3 is 0 Å². The van der Waals surface area contributed by atoms with Gasteiger partial charge in [0.1, 0.15) is 23.5 Å². The number of rotatable bonds is 9. The molecule has 1 N–H and O–H groups in total. The molecule has 2 heterocycles. The van der Waals surface area contributed by atoms with Gasteiger partial charge in [-0.3, -0.25) is 0 Å². The minimum atomic E-state index is -3.59. The van der Waals surface area contributed by atoms with Gasteiger partial charge in [-0.15, -0.1) is 0 Å². The third-order valence-electron chi connectivity index (χ3n) is 7.76. The van der Waals surface area contributed by atoms with Gasteiger partial charge in [0.15, 0.2) is 9.84 Å². The lowest BCUT2D eigenvalue weighted by molar-refractivity contribution is 0.221. The Balaban J connectivity index is 1.33. The summed E-state index contributed by atoms with van der Waals surface area (Å²) in [4.78, 5) is 15.8. The number of hydrogen-bond acceptors (Lipinski definition) is 7. The van der Waals surface area contributed by atoms with Crippen LogP contribution in [0.25, 0.3) is 22.3 Å². The maximum Gasteiger partial charge on any atom is 0.223 e. The number of benzene rings is 2. The van der Waals surface area contributed by atoms with E-state index in [-0.39, 0.29) is 17.4 Å². The van der Waals surface area contributed by atoms with Crippen LogP contribution in [0.3, 0.4) is 0 Å². The van der Waals surface area contributed by atoms with Crippen LogP contribution in [0.5, 0.6) is 0 Å². The second-order valence-corrected chi connectivity index (χ2v) is 13.2. The minimum absolute atomic E-state index is 0.0750. The number of alkyl halides is 1. The zero-order valence-corrected chi connectivity index (χ0v) is 24.4. The van der Waals surface area contributed by atoms with Crippen LogP contribution in [0.15, 0.2) is 54.7 Å². The first-order valence-corrected chi connectivity index (χ1v) is 15.6.